The molecule has 1 aromatic carbocycles. The van der Waals surface area contributed by atoms with Crippen LogP contribution in [0.25, 0.3) is 5.52 Å². The molecule has 2 aliphatic rings. The van der Waals surface area contributed by atoms with Gasteiger partial charge in [-0.3, -0.25) is 4.79 Å². The summed E-state index contributed by atoms with van der Waals surface area (Å²) in [6.07, 6.45) is 5.20. The molecule has 0 spiro atoms. The van der Waals surface area contributed by atoms with Gasteiger partial charge in [-0.15, -0.1) is 0 Å². The van der Waals surface area contributed by atoms with E-state index in [1.807, 2.05) is 4.52 Å². The Balaban J connectivity index is 1.53. The minimum absolute atomic E-state index is 0.0125. The van der Waals surface area contributed by atoms with Crippen molar-refractivity contribution in [2.24, 2.45) is 5.92 Å². The average molecular weight is 392 g/mol. The maximum Gasteiger partial charge on any atom is 0.306 e. The largest absolute Gasteiger partial charge is 0.481 e. The Kier molecular flexibility index (Phi) is 4.15. The fourth-order valence-electron chi connectivity index (χ4n) is 4.83. The smallest absolute Gasteiger partial charge is 0.306 e. The number of carboxylic acids is 1. The minimum Gasteiger partial charge on any atom is -0.481 e. The number of hydrogen-bond acceptors (Lipinski definition) is 6. The number of aromatic nitrogens is 4. The van der Waals surface area contributed by atoms with Gasteiger partial charge in [0.05, 0.1) is 17.7 Å². The van der Waals surface area contributed by atoms with Crippen LogP contribution in [0.2, 0.25) is 0 Å². The summed E-state index contributed by atoms with van der Waals surface area (Å²) in [5, 5.41) is 17.4. The first-order valence-electron chi connectivity index (χ1n) is 10.1. The van der Waals surface area contributed by atoms with Crippen molar-refractivity contribution < 1.29 is 9.90 Å². The summed E-state index contributed by atoms with van der Waals surface area (Å²) in [5.41, 5.74) is 11.5. The number of para-hydroxylation sites is 1. The number of imidazole rings is 1. The number of carboxylic acid groups (broad SMARTS) is 1. The summed E-state index contributed by atoms with van der Waals surface area (Å²) in [6, 6.07) is 6.33. The second-order valence-corrected chi connectivity index (χ2v) is 8.16. The fraction of sp³-hybridized carbons (Fsp3) is 0.429. The number of carbonyl (C=O) groups is 1. The predicted octanol–water partition coefficient (Wildman–Crippen LogP) is 3.08. The highest BCUT2D eigenvalue weighted by atomic mass is 16.4. The third-order valence-electron chi connectivity index (χ3n) is 6.39. The van der Waals surface area contributed by atoms with Crippen LogP contribution in [0, 0.1) is 12.8 Å². The summed E-state index contributed by atoms with van der Waals surface area (Å²) in [6.45, 7) is 2.10. The molecule has 5 rings (SSSR count). The lowest BCUT2D eigenvalue weighted by molar-refractivity contribution is -0.142. The standard InChI is InChI=1S/C21H24N6O2/c1-11-3-2-4-14-9-15(25-16(11)14)17-18-19(22)23-10-24-27(18)20(26-17)12-5-7-13(8-6-12)21(28)29/h2-4,10,12-13,15,25H,5-9H2,1H3,(H,28,29)(H2,22,23,24)/t12-,13-,15?. The third kappa shape index (κ3) is 2.90. The van der Waals surface area contributed by atoms with Gasteiger partial charge in [-0.2, -0.15) is 5.10 Å². The quantitative estimate of drug-likeness (QED) is 0.627. The highest BCUT2D eigenvalue weighted by Crippen LogP contribution is 2.41. The van der Waals surface area contributed by atoms with E-state index in [0.29, 0.717) is 18.7 Å². The van der Waals surface area contributed by atoms with E-state index < -0.39 is 5.97 Å². The molecule has 1 saturated carbocycles. The molecule has 3 heterocycles. The number of nitrogens with two attached hydrogens (primary N) is 1. The van der Waals surface area contributed by atoms with E-state index >= 15 is 0 Å². The molecule has 0 bridgehead atoms. The lowest BCUT2D eigenvalue weighted by Crippen LogP contribution is -2.21. The molecule has 2 aromatic heterocycles. The van der Waals surface area contributed by atoms with Crippen molar-refractivity contribution in [2.75, 3.05) is 11.1 Å². The van der Waals surface area contributed by atoms with E-state index in [9.17, 15) is 9.90 Å². The minimum atomic E-state index is -0.702. The van der Waals surface area contributed by atoms with Crippen molar-refractivity contribution in [1.82, 2.24) is 19.6 Å². The number of aliphatic carboxylic acids is 1. The lowest BCUT2D eigenvalue weighted by atomic mass is 9.82. The summed E-state index contributed by atoms with van der Waals surface area (Å²) in [5.74, 6) is 0.495. The molecule has 8 nitrogen and oxygen atoms in total. The Morgan fingerprint density at radius 2 is 2.07 bits per heavy atom. The molecule has 1 fully saturated rings. The number of nitrogen functional groups attached to an aromatic ring is 1. The summed E-state index contributed by atoms with van der Waals surface area (Å²) >= 11 is 0. The van der Waals surface area contributed by atoms with Crippen LogP contribution in [-0.4, -0.2) is 30.7 Å². The number of rotatable bonds is 3. The number of nitrogens with one attached hydrogen (secondary N) is 1. The third-order valence-corrected chi connectivity index (χ3v) is 6.39. The lowest BCUT2D eigenvalue weighted by Gasteiger charge is -2.24. The number of hydrogen-bond donors (Lipinski definition) is 3. The Bertz CT molecular complexity index is 1100. The van der Waals surface area contributed by atoms with Crippen molar-refractivity contribution in [3.05, 3.63) is 47.2 Å². The molecular formula is C21H24N6O2. The van der Waals surface area contributed by atoms with E-state index in [-0.39, 0.29) is 17.9 Å². The molecule has 0 saturated heterocycles. The van der Waals surface area contributed by atoms with Gasteiger partial charge in [0.1, 0.15) is 17.7 Å². The second kappa shape index (κ2) is 6.72. The summed E-state index contributed by atoms with van der Waals surface area (Å²) in [7, 11) is 0. The van der Waals surface area contributed by atoms with Crippen LogP contribution >= 0.6 is 0 Å². The molecule has 1 aliphatic heterocycles. The Morgan fingerprint density at radius 3 is 2.79 bits per heavy atom. The van der Waals surface area contributed by atoms with Crippen molar-refractivity contribution in [3.8, 4) is 0 Å². The summed E-state index contributed by atoms with van der Waals surface area (Å²) < 4.78 is 1.82. The fourth-order valence-corrected chi connectivity index (χ4v) is 4.83. The number of aryl methyl sites for hydroxylation is 1. The number of anilines is 2. The SMILES string of the molecule is Cc1cccc2c1NC(c1nc([C@H]3CC[C@H](C(=O)O)CC3)n3ncnc(N)c13)C2. The molecule has 3 aromatic rings. The predicted molar refractivity (Wildman–Crippen MR) is 109 cm³/mol. The van der Waals surface area contributed by atoms with Crippen LogP contribution in [0.4, 0.5) is 11.5 Å². The molecule has 29 heavy (non-hydrogen) atoms. The zero-order valence-corrected chi connectivity index (χ0v) is 16.3. The van der Waals surface area contributed by atoms with E-state index in [0.717, 1.165) is 42.0 Å². The van der Waals surface area contributed by atoms with Crippen LogP contribution < -0.4 is 11.1 Å². The van der Waals surface area contributed by atoms with Gasteiger partial charge in [-0.25, -0.2) is 14.5 Å². The Morgan fingerprint density at radius 1 is 1.28 bits per heavy atom. The van der Waals surface area contributed by atoms with Gasteiger partial charge in [-0.05, 0) is 43.7 Å². The maximum absolute atomic E-state index is 11.3. The first kappa shape index (κ1) is 17.9. The zero-order chi connectivity index (χ0) is 20.1. The van der Waals surface area contributed by atoms with Gasteiger partial charge < -0.3 is 16.2 Å². The molecule has 0 amide bonds. The van der Waals surface area contributed by atoms with Crippen molar-refractivity contribution in [3.63, 3.8) is 0 Å². The van der Waals surface area contributed by atoms with Gasteiger partial charge in [0.25, 0.3) is 0 Å². The molecule has 1 aliphatic carbocycles. The van der Waals surface area contributed by atoms with Crippen LogP contribution in [0.3, 0.4) is 0 Å². The van der Waals surface area contributed by atoms with Crippen molar-refractivity contribution >= 4 is 23.0 Å². The van der Waals surface area contributed by atoms with Crippen LogP contribution in [0.5, 0.6) is 0 Å². The first-order valence-corrected chi connectivity index (χ1v) is 10.1. The molecule has 1 atom stereocenters. The van der Waals surface area contributed by atoms with Gasteiger partial charge in [0.2, 0.25) is 0 Å². The Labute approximate surface area is 168 Å². The van der Waals surface area contributed by atoms with E-state index in [2.05, 4.69) is 40.5 Å². The van der Waals surface area contributed by atoms with Gasteiger partial charge in [0.15, 0.2) is 5.82 Å². The molecular weight excluding hydrogens is 368 g/mol. The van der Waals surface area contributed by atoms with Gasteiger partial charge in [0, 0.05) is 18.0 Å². The zero-order valence-electron chi connectivity index (χ0n) is 16.3. The normalized spacial score (nSPS) is 23.7. The number of nitrogens with zero attached hydrogens (tertiary/aromatic N) is 4. The molecule has 8 heteroatoms. The molecule has 4 N–H and O–H groups in total. The van der Waals surface area contributed by atoms with Crippen LogP contribution in [0.1, 0.15) is 60.3 Å². The van der Waals surface area contributed by atoms with Crippen molar-refractivity contribution in [2.45, 2.75) is 51.0 Å². The second-order valence-electron chi connectivity index (χ2n) is 8.16. The number of fused-ring (bicyclic) bond motifs is 2. The number of benzene rings is 1. The van der Waals surface area contributed by atoms with Crippen molar-refractivity contribution in [1.29, 1.82) is 0 Å². The van der Waals surface area contributed by atoms with Crippen LogP contribution in [-0.2, 0) is 11.2 Å². The maximum atomic E-state index is 11.3. The average Bonchev–Trinajstić information content (AvgIpc) is 3.31. The van der Waals surface area contributed by atoms with E-state index in [1.165, 1.54) is 17.5 Å². The van der Waals surface area contributed by atoms with Crippen LogP contribution in [0.15, 0.2) is 24.5 Å². The first-order chi connectivity index (χ1) is 14.0. The molecule has 150 valence electrons. The highest BCUT2D eigenvalue weighted by molar-refractivity contribution is 5.73. The highest BCUT2D eigenvalue weighted by Gasteiger charge is 2.33. The Hall–Kier alpha value is -3.16. The molecule has 1 unspecified atom stereocenters. The monoisotopic (exact) mass is 392 g/mol. The molecule has 0 radical (unpaired) electrons. The van der Waals surface area contributed by atoms with Gasteiger partial charge >= 0.3 is 5.97 Å². The van der Waals surface area contributed by atoms with Gasteiger partial charge in [-0.1, -0.05) is 18.2 Å². The van der Waals surface area contributed by atoms with E-state index in [4.69, 9.17) is 10.7 Å². The van der Waals surface area contributed by atoms with E-state index in [1.54, 1.807) is 0 Å². The topological polar surface area (TPSA) is 118 Å². The summed E-state index contributed by atoms with van der Waals surface area (Å²) in [4.78, 5) is 20.5.